The molecule has 118 valence electrons. The Morgan fingerprint density at radius 3 is 2.71 bits per heavy atom. The number of hydrogen-bond donors (Lipinski definition) is 2. The van der Waals surface area contributed by atoms with Gasteiger partial charge in [0.15, 0.2) is 0 Å². The van der Waals surface area contributed by atoms with Gasteiger partial charge in [0.05, 0.1) is 12.6 Å². The minimum Gasteiger partial charge on any atom is -0.493 e. The first kappa shape index (κ1) is 17.3. The van der Waals surface area contributed by atoms with E-state index in [4.69, 9.17) is 14.6 Å². The molecule has 0 radical (unpaired) electrons. The molecule has 2 N–H and O–H groups in total. The van der Waals surface area contributed by atoms with Crippen molar-refractivity contribution in [3.05, 3.63) is 29.8 Å². The van der Waals surface area contributed by atoms with Crippen molar-refractivity contribution < 1.29 is 19.4 Å². The predicted octanol–water partition coefficient (Wildman–Crippen LogP) is 3.03. The van der Waals surface area contributed by atoms with Crippen LogP contribution < -0.4 is 10.1 Å². The summed E-state index contributed by atoms with van der Waals surface area (Å²) >= 11 is 0. The lowest BCUT2D eigenvalue weighted by atomic mass is 10.1. The van der Waals surface area contributed by atoms with E-state index < -0.39 is 11.7 Å². The summed E-state index contributed by atoms with van der Waals surface area (Å²) in [6.45, 7) is 7.94. The van der Waals surface area contributed by atoms with E-state index in [-0.39, 0.29) is 12.6 Å². The molecule has 0 bridgehead atoms. The third-order valence-electron chi connectivity index (χ3n) is 2.66. The van der Waals surface area contributed by atoms with Gasteiger partial charge >= 0.3 is 6.09 Å². The Balaban J connectivity index is 2.59. The highest BCUT2D eigenvalue weighted by Gasteiger charge is 2.18. The number of carbonyl (C=O) groups is 1. The fourth-order valence-electron chi connectivity index (χ4n) is 1.70. The number of alkyl carbamates (subject to hydrolysis) is 1. The van der Waals surface area contributed by atoms with E-state index in [0.717, 1.165) is 11.3 Å². The summed E-state index contributed by atoms with van der Waals surface area (Å²) in [4.78, 5) is 11.7. The number of aliphatic hydroxyl groups excluding tert-OH is 1. The Kier molecular flexibility index (Phi) is 6.49. The van der Waals surface area contributed by atoms with E-state index in [9.17, 15) is 4.79 Å². The molecule has 0 aliphatic heterocycles. The topological polar surface area (TPSA) is 67.8 Å². The van der Waals surface area contributed by atoms with Crippen LogP contribution >= 0.6 is 0 Å². The maximum absolute atomic E-state index is 11.7. The first-order valence-electron chi connectivity index (χ1n) is 7.15. The van der Waals surface area contributed by atoms with Crippen LogP contribution in [-0.4, -0.2) is 30.0 Å². The largest absolute Gasteiger partial charge is 0.493 e. The van der Waals surface area contributed by atoms with Crippen molar-refractivity contribution in [3.8, 4) is 5.75 Å². The minimum atomic E-state index is -0.515. The monoisotopic (exact) mass is 295 g/mol. The number of benzene rings is 1. The van der Waals surface area contributed by atoms with E-state index in [2.05, 4.69) is 5.32 Å². The van der Waals surface area contributed by atoms with Crippen LogP contribution in [0.25, 0.3) is 0 Å². The van der Waals surface area contributed by atoms with Crippen LogP contribution in [0.3, 0.4) is 0 Å². The van der Waals surface area contributed by atoms with Crippen LogP contribution in [0.5, 0.6) is 5.75 Å². The average Bonchev–Trinajstić information content (AvgIpc) is 2.37. The molecule has 1 atom stereocenters. The second-order valence-electron chi connectivity index (χ2n) is 5.87. The van der Waals surface area contributed by atoms with Crippen molar-refractivity contribution >= 4 is 6.09 Å². The summed E-state index contributed by atoms with van der Waals surface area (Å²) in [5.74, 6) is 0.721. The molecule has 0 heterocycles. The molecule has 0 spiro atoms. The van der Waals surface area contributed by atoms with Gasteiger partial charge in [0.25, 0.3) is 0 Å². The Morgan fingerprint density at radius 1 is 1.38 bits per heavy atom. The lowest BCUT2D eigenvalue weighted by Crippen LogP contribution is -2.34. The molecule has 0 aliphatic carbocycles. The fraction of sp³-hybridized carbons (Fsp3) is 0.562. The Morgan fingerprint density at radius 2 is 2.10 bits per heavy atom. The third-order valence-corrected chi connectivity index (χ3v) is 2.66. The molecule has 21 heavy (non-hydrogen) atoms. The van der Waals surface area contributed by atoms with Crippen molar-refractivity contribution in [2.75, 3.05) is 13.2 Å². The number of hydrogen-bond acceptors (Lipinski definition) is 4. The summed E-state index contributed by atoms with van der Waals surface area (Å²) in [5, 5.41) is 11.5. The molecule has 1 aromatic carbocycles. The van der Waals surface area contributed by atoms with Crippen molar-refractivity contribution in [2.24, 2.45) is 0 Å². The maximum atomic E-state index is 11.7. The first-order valence-corrected chi connectivity index (χ1v) is 7.15. The Hall–Kier alpha value is -1.75. The van der Waals surface area contributed by atoms with Gasteiger partial charge in [-0.15, -0.1) is 0 Å². The lowest BCUT2D eigenvalue weighted by Gasteiger charge is -2.22. The second-order valence-corrected chi connectivity index (χ2v) is 5.87. The molecule has 5 nitrogen and oxygen atoms in total. The molecule has 1 aromatic rings. The van der Waals surface area contributed by atoms with Gasteiger partial charge in [-0.3, -0.25) is 0 Å². The van der Waals surface area contributed by atoms with Gasteiger partial charge in [-0.05, 0) is 45.4 Å². The van der Waals surface area contributed by atoms with Crippen LogP contribution in [0.1, 0.15) is 45.7 Å². The number of rotatable bonds is 6. The predicted molar refractivity (Wildman–Crippen MR) is 81.4 cm³/mol. The molecule has 0 aliphatic rings. The second kappa shape index (κ2) is 7.88. The zero-order valence-corrected chi connectivity index (χ0v) is 13.2. The van der Waals surface area contributed by atoms with Crippen LogP contribution in [-0.2, 0) is 4.74 Å². The Labute approximate surface area is 126 Å². The first-order chi connectivity index (χ1) is 9.81. The molecule has 0 aromatic heterocycles. The minimum absolute atomic E-state index is 0.107. The van der Waals surface area contributed by atoms with Crippen molar-refractivity contribution in [1.29, 1.82) is 0 Å². The van der Waals surface area contributed by atoms with Gasteiger partial charge in [0.1, 0.15) is 11.4 Å². The van der Waals surface area contributed by atoms with Crippen LogP contribution in [0.2, 0.25) is 0 Å². The smallest absolute Gasteiger partial charge is 0.408 e. The van der Waals surface area contributed by atoms with E-state index >= 15 is 0 Å². The van der Waals surface area contributed by atoms with Crippen molar-refractivity contribution in [3.63, 3.8) is 0 Å². The zero-order chi connectivity index (χ0) is 15.9. The number of nitrogens with one attached hydrogen (secondary N) is 1. The molecule has 0 saturated heterocycles. The molecular formula is C16H25NO4. The van der Waals surface area contributed by atoms with Gasteiger partial charge in [-0.2, -0.15) is 0 Å². The van der Waals surface area contributed by atoms with Gasteiger partial charge in [0.2, 0.25) is 0 Å². The fourth-order valence-corrected chi connectivity index (χ4v) is 1.70. The lowest BCUT2D eigenvalue weighted by molar-refractivity contribution is 0.0508. The maximum Gasteiger partial charge on any atom is 0.408 e. The van der Waals surface area contributed by atoms with Crippen LogP contribution in [0.15, 0.2) is 24.3 Å². The van der Waals surface area contributed by atoms with E-state index in [1.165, 1.54) is 0 Å². The van der Waals surface area contributed by atoms with Gasteiger partial charge in [-0.1, -0.05) is 12.1 Å². The molecule has 5 heteroatoms. The number of aliphatic hydroxyl groups is 1. The summed E-state index contributed by atoms with van der Waals surface area (Å²) in [6.07, 6.45) is 0.150. The Bertz CT molecular complexity index is 454. The zero-order valence-electron chi connectivity index (χ0n) is 13.2. The van der Waals surface area contributed by atoms with E-state index in [1.54, 1.807) is 0 Å². The number of ether oxygens (including phenoxy) is 2. The van der Waals surface area contributed by atoms with E-state index in [0.29, 0.717) is 13.0 Å². The summed E-state index contributed by atoms with van der Waals surface area (Å²) in [5.41, 5.74) is 0.418. The van der Waals surface area contributed by atoms with Crippen molar-refractivity contribution in [1.82, 2.24) is 5.32 Å². The van der Waals surface area contributed by atoms with Gasteiger partial charge in [0, 0.05) is 13.0 Å². The molecule has 0 saturated carbocycles. The molecule has 1 rings (SSSR count). The number of amides is 1. The molecule has 1 amide bonds. The van der Waals surface area contributed by atoms with Crippen molar-refractivity contribution in [2.45, 2.75) is 45.8 Å². The van der Waals surface area contributed by atoms with Gasteiger partial charge < -0.3 is 19.9 Å². The standard InChI is InChI=1S/C16H25NO4/c1-12(17-15(19)21-16(2,3)4)13-7-5-8-14(11-13)20-10-6-9-18/h5,7-8,11-12,18H,6,9-10H2,1-4H3,(H,17,19)/t12-/m1/s1. The summed E-state index contributed by atoms with van der Waals surface area (Å²) in [6, 6.07) is 7.33. The van der Waals surface area contributed by atoms with Crippen LogP contribution in [0, 0.1) is 0 Å². The van der Waals surface area contributed by atoms with E-state index in [1.807, 2.05) is 52.0 Å². The molecule has 0 unspecified atom stereocenters. The van der Waals surface area contributed by atoms with Gasteiger partial charge in [-0.25, -0.2) is 4.79 Å². The SMILES string of the molecule is C[C@@H](NC(=O)OC(C)(C)C)c1cccc(OCCCO)c1. The quantitative estimate of drug-likeness (QED) is 0.792. The average molecular weight is 295 g/mol. The normalized spacial score (nSPS) is 12.6. The highest BCUT2D eigenvalue weighted by molar-refractivity contribution is 5.68. The summed E-state index contributed by atoms with van der Waals surface area (Å²) in [7, 11) is 0. The van der Waals surface area contributed by atoms with Crippen LogP contribution in [0.4, 0.5) is 4.79 Å². The highest BCUT2D eigenvalue weighted by Crippen LogP contribution is 2.20. The molecular weight excluding hydrogens is 270 g/mol. The number of carbonyl (C=O) groups excluding carboxylic acids is 1. The highest BCUT2D eigenvalue weighted by atomic mass is 16.6. The molecule has 0 fully saturated rings. The summed E-state index contributed by atoms with van der Waals surface area (Å²) < 4.78 is 10.7. The third kappa shape index (κ3) is 6.99.